The molecule has 0 saturated carbocycles. The lowest BCUT2D eigenvalue weighted by Crippen LogP contribution is -1.99. The number of hydrogen-bond acceptors (Lipinski definition) is 3. The smallest absolute Gasteiger partial charge is 0.328 e. The normalized spacial score (nSPS) is 10.8. The highest BCUT2D eigenvalue weighted by Gasteiger charge is 2.04. The molecule has 0 aliphatic heterocycles. The molecule has 0 amide bonds. The van der Waals surface area contributed by atoms with Gasteiger partial charge in [0.2, 0.25) is 0 Å². The monoisotopic (exact) mass is 411 g/mol. The molecule has 0 atom stereocenters. The number of carboxylic acid groups (broad SMARTS) is 1. The molecule has 1 aromatic heterocycles. The molecule has 108 valence electrons. The van der Waals surface area contributed by atoms with E-state index in [1.165, 1.54) is 6.08 Å². The SMILES string of the molecule is O=C(O)/C=C/c1cc(Br)ccc1OCc1ccc(Br)cn1. The summed E-state index contributed by atoms with van der Waals surface area (Å²) in [5.74, 6) is -0.407. The van der Waals surface area contributed by atoms with Gasteiger partial charge in [0.05, 0.1) is 5.69 Å². The van der Waals surface area contributed by atoms with Gasteiger partial charge < -0.3 is 9.84 Å². The van der Waals surface area contributed by atoms with Gasteiger partial charge in [-0.15, -0.1) is 0 Å². The summed E-state index contributed by atoms with van der Waals surface area (Å²) in [6.45, 7) is 0.308. The van der Waals surface area contributed by atoms with Gasteiger partial charge in [-0.2, -0.15) is 0 Å². The van der Waals surface area contributed by atoms with Gasteiger partial charge in [0.25, 0.3) is 0 Å². The van der Waals surface area contributed by atoms with Crippen molar-refractivity contribution in [3.8, 4) is 5.75 Å². The highest BCUT2D eigenvalue weighted by atomic mass is 79.9. The number of benzene rings is 1. The van der Waals surface area contributed by atoms with E-state index >= 15 is 0 Å². The van der Waals surface area contributed by atoms with E-state index in [4.69, 9.17) is 9.84 Å². The number of carboxylic acids is 1. The fraction of sp³-hybridized carbons (Fsp3) is 0.0667. The van der Waals surface area contributed by atoms with E-state index in [-0.39, 0.29) is 0 Å². The van der Waals surface area contributed by atoms with Crippen molar-refractivity contribution in [1.29, 1.82) is 0 Å². The minimum atomic E-state index is -1.00. The maximum absolute atomic E-state index is 10.6. The highest BCUT2D eigenvalue weighted by molar-refractivity contribution is 9.10. The van der Waals surface area contributed by atoms with Crippen LogP contribution in [0.4, 0.5) is 0 Å². The molecule has 1 heterocycles. The van der Waals surface area contributed by atoms with Gasteiger partial charge in [0.15, 0.2) is 0 Å². The molecule has 0 saturated heterocycles. The van der Waals surface area contributed by atoms with E-state index in [1.54, 1.807) is 18.3 Å². The number of rotatable bonds is 5. The number of hydrogen-bond donors (Lipinski definition) is 1. The van der Waals surface area contributed by atoms with Crippen LogP contribution in [0.15, 0.2) is 51.6 Å². The molecule has 0 aliphatic carbocycles. The Morgan fingerprint density at radius 1 is 1.24 bits per heavy atom. The van der Waals surface area contributed by atoms with Crippen molar-refractivity contribution in [2.75, 3.05) is 0 Å². The third-order valence-electron chi connectivity index (χ3n) is 2.54. The van der Waals surface area contributed by atoms with Crippen LogP contribution in [0.5, 0.6) is 5.75 Å². The summed E-state index contributed by atoms with van der Waals surface area (Å²) in [7, 11) is 0. The number of carbonyl (C=O) groups is 1. The summed E-state index contributed by atoms with van der Waals surface area (Å²) in [6.07, 6.45) is 4.27. The second-order valence-corrected chi connectivity index (χ2v) is 5.94. The Hall–Kier alpha value is -1.66. The van der Waals surface area contributed by atoms with E-state index in [0.29, 0.717) is 17.9 Å². The summed E-state index contributed by atoms with van der Waals surface area (Å²) in [5, 5.41) is 8.72. The Balaban J connectivity index is 2.15. The third kappa shape index (κ3) is 4.99. The lowest BCUT2D eigenvalue weighted by Gasteiger charge is -2.09. The molecular formula is C15H11Br2NO3. The first-order valence-electron chi connectivity index (χ1n) is 5.98. The van der Waals surface area contributed by atoms with Gasteiger partial charge in [-0.3, -0.25) is 4.98 Å². The van der Waals surface area contributed by atoms with Crippen molar-refractivity contribution < 1.29 is 14.6 Å². The summed E-state index contributed by atoms with van der Waals surface area (Å²) in [6, 6.07) is 9.16. The quantitative estimate of drug-likeness (QED) is 0.744. The maximum Gasteiger partial charge on any atom is 0.328 e. The molecule has 1 aromatic carbocycles. The van der Waals surface area contributed by atoms with Crippen LogP contribution in [0.2, 0.25) is 0 Å². The van der Waals surface area contributed by atoms with E-state index in [9.17, 15) is 4.79 Å². The molecule has 0 spiro atoms. The van der Waals surface area contributed by atoms with Crippen molar-refractivity contribution in [3.63, 3.8) is 0 Å². The van der Waals surface area contributed by atoms with Crippen molar-refractivity contribution in [2.45, 2.75) is 6.61 Å². The zero-order valence-corrected chi connectivity index (χ0v) is 14.0. The van der Waals surface area contributed by atoms with Crippen LogP contribution in [0, 0.1) is 0 Å². The van der Waals surface area contributed by atoms with E-state index in [1.807, 2.05) is 18.2 Å². The highest BCUT2D eigenvalue weighted by Crippen LogP contribution is 2.25. The molecule has 21 heavy (non-hydrogen) atoms. The van der Waals surface area contributed by atoms with Gasteiger partial charge >= 0.3 is 5.97 Å². The Morgan fingerprint density at radius 3 is 2.67 bits per heavy atom. The topological polar surface area (TPSA) is 59.4 Å². The molecular weight excluding hydrogens is 402 g/mol. The molecule has 2 aromatic rings. The maximum atomic E-state index is 10.6. The largest absolute Gasteiger partial charge is 0.487 e. The first-order chi connectivity index (χ1) is 10.0. The van der Waals surface area contributed by atoms with Gasteiger partial charge in [0, 0.05) is 26.8 Å². The Morgan fingerprint density at radius 2 is 2.00 bits per heavy atom. The molecule has 2 rings (SSSR count). The molecule has 0 bridgehead atoms. The van der Waals surface area contributed by atoms with Gasteiger partial charge in [0.1, 0.15) is 12.4 Å². The van der Waals surface area contributed by atoms with Gasteiger partial charge in [-0.1, -0.05) is 15.9 Å². The van der Waals surface area contributed by atoms with Crippen LogP contribution in [-0.2, 0) is 11.4 Å². The lowest BCUT2D eigenvalue weighted by molar-refractivity contribution is -0.131. The second-order valence-electron chi connectivity index (χ2n) is 4.11. The fourth-order valence-corrected chi connectivity index (χ4v) is 2.20. The number of halogens is 2. The molecule has 1 N–H and O–H groups in total. The van der Waals surface area contributed by atoms with Crippen LogP contribution in [-0.4, -0.2) is 16.1 Å². The van der Waals surface area contributed by atoms with Gasteiger partial charge in [-0.25, -0.2) is 4.79 Å². The van der Waals surface area contributed by atoms with Crippen molar-refractivity contribution in [2.24, 2.45) is 0 Å². The second kappa shape index (κ2) is 7.38. The Labute approximate surface area is 138 Å². The predicted molar refractivity (Wildman–Crippen MR) is 87.1 cm³/mol. The number of pyridine rings is 1. The van der Waals surface area contributed by atoms with Gasteiger partial charge in [-0.05, 0) is 52.3 Å². The average molecular weight is 413 g/mol. The van der Waals surface area contributed by atoms with E-state index in [0.717, 1.165) is 20.7 Å². The van der Waals surface area contributed by atoms with E-state index < -0.39 is 5.97 Å². The first-order valence-corrected chi connectivity index (χ1v) is 7.57. The molecule has 4 nitrogen and oxygen atoms in total. The predicted octanol–water partition coefficient (Wildman–Crippen LogP) is 4.28. The summed E-state index contributed by atoms with van der Waals surface area (Å²) < 4.78 is 7.46. The summed E-state index contributed by atoms with van der Waals surface area (Å²) in [4.78, 5) is 14.8. The van der Waals surface area contributed by atoms with Crippen LogP contribution in [0.3, 0.4) is 0 Å². The van der Waals surface area contributed by atoms with Crippen molar-refractivity contribution in [1.82, 2.24) is 4.98 Å². The zero-order chi connectivity index (χ0) is 15.2. The van der Waals surface area contributed by atoms with Crippen LogP contribution in [0.1, 0.15) is 11.3 Å². The number of nitrogens with zero attached hydrogens (tertiary/aromatic N) is 1. The van der Waals surface area contributed by atoms with Crippen LogP contribution < -0.4 is 4.74 Å². The summed E-state index contributed by atoms with van der Waals surface area (Å²) >= 11 is 6.67. The van der Waals surface area contributed by atoms with Crippen molar-refractivity contribution >= 4 is 43.9 Å². The molecule has 0 fully saturated rings. The Kier molecular flexibility index (Phi) is 5.52. The van der Waals surface area contributed by atoms with Crippen LogP contribution in [0.25, 0.3) is 6.08 Å². The minimum absolute atomic E-state index is 0.308. The molecule has 0 unspecified atom stereocenters. The first kappa shape index (κ1) is 15.7. The fourth-order valence-electron chi connectivity index (χ4n) is 1.59. The van der Waals surface area contributed by atoms with E-state index in [2.05, 4.69) is 36.8 Å². The number of aromatic nitrogens is 1. The average Bonchev–Trinajstić information content (AvgIpc) is 2.45. The lowest BCUT2D eigenvalue weighted by atomic mass is 10.2. The third-order valence-corrected chi connectivity index (χ3v) is 3.50. The summed E-state index contributed by atoms with van der Waals surface area (Å²) in [5.41, 5.74) is 1.47. The van der Waals surface area contributed by atoms with Crippen LogP contribution >= 0.6 is 31.9 Å². The minimum Gasteiger partial charge on any atom is -0.487 e. The molecule has 0 radical (unpaired) electrons. The number of ether oxygens (including phenoxy) is 1. The number of aliphatic carboxylic acids is 1. The standard InChI is InChI=1S/C15H11Br2NO3/c16-11-3-5-14(10(7-11)1-6-15(19)20)21-9-13-4-2-12(17)8-18-13/h1-8H,9H2,(H,19,20)/b6-1+. The molecule has 6 heteroatoms. The molecule has 0 aliphatic rings. The zero-order valence-electron chi connectivity index (χ0n) is 10.8. The Bertz CT molecular complexity index is 669. The van der Waals surface area contributed by atoms with Crippen molar-refractivity contribution in [3.05, 3.63) is 62.8 Å².